The topological polar surface area (TPSA) is 40.7 Å². The average Bonchev–Trinajstić information content (AvgIpc) is 2.64. The molecule has 1 heterocycles. The van der Waals surface area contributed by atoms with Crippen LogP contribution < -0.4 is 5.32 Å². The highest BCUT2D eigenvalue weighted by atomic mass is 19.1. The molecule has 96 valence electrons. The second kappa shape index (κ2) is 5.21. The molecule has 1 aromatic carbocycles. The molecule has 1 atom stereocenters. The number of aryl methyl sites for hydroxylation is 2. The summed E-state index contributed by atoms with van der Waals surface area (Å²) in [7, 11) is 0. The van der Waals surface area contributed by atoms with Gasteiger partial charge in [-0.2, -0.15) is 5.10 Å². The van der Waals surface area contributed by atoms with E-state index in [0.29, 0.717) is 6.42 Å². The van der Waals surface area contributed by atoms with Crippen LogP contribution in [0.2, 0.25) is 0 Å². The minimum Gasteiger partial charge on any atom is -0.379 e. The lowest BCUT2D eigenvalue weighted by Gasteiger charge is -2.15. The molecule has 2 aromatic rings. The summed E-state index contributed by atoms with van der Waals surface area (Å²) in [6.07, 6.45) is 0.650. The van der Waals surface area contributed by atoms with E-state index >= 15 is 0 Å². The summed E-state index contributed by atoms with van der Waals surface area (Å²) >= 11 is 0. The fourth-order valence-corrected chi connectivity index (χ4v) is 2.05. The van der Waals surface area contributed by atoms with Crippen molar-refractivity contribution in [2.24, 2.45) is 0 Å². The molecule has 0 saturated heterocycles. The van der Waals surface area contributed by atoms with Crippen molar-refractivity contribution in [2.45, 2.75) is 33.2 Å². The molecule has 1 aromatic heterocycles. The predicted octanol–water partition coefficient (Wildman–Crippen LogP) is 3.21. The first-order valence-corrected chi connectivity index (χ1v) is 6.09. The molecule has 3 nitrogen and oxygen atoms in total. The number of hydrogen-bond donors (Lipinski definition) is 2. The summed E-state index contributed by atoms with van der Waals surface area (Å²) in [5.74, 6) is -0.146. The maximum Gasteiger partial charge on any atom is 0.126 e. The highest BCUT2D eigenvalue weighted by molar-refractivity contribution is 5.52. The number of aromatic nitrogens is 2. The Morgan fingerprint density at radius 2 is 2.06 bits per heavy atom. The fraction of sp³-hybridized carbons (Fsp3) is 0.357. The second-order valence-electron chi connectivity index (χ2n) is 4.65. The summed E-state index contributed by atoms with van der Waals surface area (Å²) in [6.45, 7) is 5.96. The van der Waals surface area contributed by atoms with E-state index in [1.54, 1.807) is 6.07 Å². The van der Waals surface area contributed by atoms with Gasteiger partial charge >= 0.3 is 0 Å². The van der Waals surface area contributed by atoms with Gasteiger partial charge in [-0.15, -0.1) is 0 Å². The van der Waals surface area contributed by atoms with Crippen LogP contribution in [0.5, 0.6) is 0 Å². The van der Waals surface area contributed by atoms with Gasteiger partial charge in [0.15, 0.2) is 0 Å². The number of nitrogens with zero attached hydrogens (tertiary/aromatic N) is 1. The van der Waals surface area contributed by atoms with E-state index in [4.69, 9.17) is 0 Å². The van der Waals surface area contributed by atoms with Gasteiger partial charge < -0.3 is 5.32 Å². The zero-order valence-corrected chi connectivity index (χ0v) is 10.9. The Morgan fingerprint density at radius 3 is 2.67 bits per heavy atom. The average molecular weight is 247 g/mol. The van der Waals surface area contributed by atoms with Gasteiger partial charge in [-0.25, -0.2) is 4.39 Å². The number of halogens is 1. The van der Waals surface area contributed by atoms with E-state index in [1.165, 1.54) is 6.07 Å². The smallest absolute Gasteiger partial charge is 0.126 e. The molecule has 0 amide bonds. The fourth-order valence-electron chi connectivity index (χ4n) is 2.05. The van der Waals surface area contributed by atoms with Gasteiger partial charge in [0.05, 0.1) is 17.1 Å². The van der Waals surface area contributed by atoms with Crippen LogP contribution in [0.1, 0.15) is 23.9 Å². The molecule has 18 heavy (non-hydrogen) atoms. The summed E-state index contributed by atoms with van der Waals surface area (Å²) in [4.78, 5) is 0. The van der Waals surface area contributed by atoms with E-state index in [9.17, 15) is 4.39 Å². The zero-order chi connectivity index (χ0) is 13.1. The van der Waals surface area contributed by atoms with Crippen LogP contribution in [0.3, 0.4) is 0 Å². The van der Waals surface area contributed by atoms with E-state index in [2.05, 4.69) is 15.5 Å². The van der Waals surface area contributed by atoms with Crippen LogP contribution in [0, 0.1) is 19.7 Å². The van der Waals surface area contributed by atoms with Crippen molar-refractivity contribution < 1.29 is 4.39 Å². The van der Waals surface area contributed by atoms with Crippen molar-refractivity contribution in [3.05, 3.63) is 47.0 Å². The third kappa shape index (κ3) is 2.70. The van der Waals surface area contributed by atoms with Crippen LogP contribution >= 0.6 is 0 Å². The van der Waals surface area contributed by atoms with Crippen molar-refractivity contribution in [1.29, 1.82) is 0 Å². The predicted molar refractivity (Wildman–Crippen MR) is 71.3 cm³/mol. The number of benzene rings is 1. The summed E-state index contributed by atoms with van der Waals surface area (Å²) in [6, 6.07) is 7.04. The molecule has 2 N–H and O–H groups in total. The highest BCUT2D eigenvalue weighted by Gasteiger charge is 2.11. The molecule has 1 unspecified atom stereocenters. The van der Waals surface area contributed by atoms with E-state index in [0.717, 1.165) is 22.6 Å². The summed E-state index contributed by atoms with van der Waals surface area (Å²) < 4.78 is 13.5. The molecule has 0 radical (unpaired) electrons. The molecule has 0 aliphatic rings. The standard InChI is InChI=1S/C14H18FN3/c1-9(8-12-6-4-5-7-13(12)15)16-14-10(2)17-18-11(14)3/h4-7,9,16H,8H2,1-3H3,(H,17,18). The Hall–Kier alpha value is -1.84. The normalized spacial score (nSPS) is 12.4. The molecule has 0 aliphatic carbocycles. The Bertz CT molecular complexity index is 514. The molecule has 2 rings (SSSR count). The molecule has 0 saturated carbocycles. The summed E-state index contributed by atoms with van der Waals surface area (Å²) in [5, 5.41) is 10.4. The number of H-pyrrole nitrogens is 1. The van der Waals surface area contributed by atoms with Gasteiger partial charge in [-0.1, -0.05) is 18.2 Å². The van der Waals surface area contributed by atoms with Crippen molar-refractivity contribution >= 4 is 5.69 Å². The quantitative estimate of drug-likeness (QED) is 0.871. The maximum atomic E-state index is 13.5. The minimum atomic E-state index is -0.146. The van der Waals surface area contributed by atoms with Gasteiger partial charge in [0, 0.05) is 6.04 Å². The van der Waals surface area contributed by atoms with E-state index in [-0.39, 0.29) is 11.9 Å². The van der Waals surface area contributed by atoms with Crippen molar-refractivity contribution in [3.8, 4) is 0 Å². The molecule has 0 spiro atoms. The van der Waals surface area contributed by atoms with Crippen LogP contribution in [0.25, 0.3) is 0 Å². The first-order chi connectivity index (χ1) is 8.58. The third-order valence-electron chi connectivity index (χ3n) is 3.00. The van der Waals surface area contributed by atoms with Gasteiger partial charge in [0.1, 0.15) is 5.82 Å². The van der Waals surface area contributed by atoms with Crippen LogP contribution in [-0.2, 0) is 6.42 Å². The van der Waals surface area contributed by atoms with Crippen molar-refractivity contribution in [1.82, 2.24) is 10.2 Å². The number of aromatic amines is 1. The lowest BCUT2D eigenvalue weighted by molar-refractivity contribution is 0.601. The van der Waals surface area contributed by atoms with Crippen molar-refractivity contribution in [3.63, 3.8) is 0 Å². The molecule has 0 aliphatic heterocycles. The van der Waals surface area contributed by atoms with Crippen molar-refractivity contribution in [2.75, 3.05) is 5.32 Å². The summed E-state index contributed by atoms with van der Waals surface area (Å²) in [5.41, 5.74) is 3.69. The minimum absolute atomic E-state index is 0.146. The van der Waals surface area contributed by atoms with Gasteiger partial charge in [-0.05, 0) is 38.8 Å². The number of anilines is 1. The molecule has 0 fully saturated rings. The van der Waals surface area contributed by atoms with Crippen LogP contribution in [0.4, 0.5) is 10.1 Å². The van der Waals surface area contributed by atoms with E-state index in [1.807, 2.05) is 32.9 Å². The number of hydrogen-bond acceptors (Lipinski definition) is 2. The first kappa shape index (κ1) is 12.6. The SMILES string of the molecule is Cc1n[nH]c(C)c1NC(C)Cc1ccccc1F. The Labute approximate surface area is 106 Å². The third-order valence-corrected chi connectivity index (χ3v) is 3.00. The number of rotatable bonds is 4. The highest BCUT2D eigenvalue weighted by Crippen LogP contribution is 2.19. The lowest BCUT2D eigenvalue weighted by Crippen LogP contribution is -2.19. The second-order valence-corrected chi connectivity index (χ2v) is 4.65. The zero-order valence-electron chi connectivity index (χ0n) is 10.9. The van der Waals surface area contributed by atoms with Gasteiger partial charge in [0.2, 0.25) is 0 Å². The first-order valence-electron chi connectivity index (χ1n) is 6.09. The molecular formula is C14H18FN3. The Balaban J connectivity index is 2.06. The molecular weight excluding hydrogens is 229 g/mol. The number of nitrogens with one attached hydrogen (secondary N) is 2. The maximum absolute atomic E-state index is 13.5. The monoisotopic (exact) mass is 247 g/mol. The Kier molecular flexibility index (Phi) is 3.65. The molecule has 0 bridgehead atoms. The largest absolute Gasteiger partial charge is 0.379 e. The Morgan fingerprint density at radius 1 is 1.33 bits per heavy atom. The lowest BCUT2D eigenvalue weighted by atomic mass is 10.1. The van der Waals surface area contributed by atoms with Gasteiger partial charge in [-0.3, -0.25) is 5.10 Å². The van der Waals surface area contributed by atoms with Crippen LogP contribution in [-0.4, -0.2) is 16.2 Å². The molecule has 4 heteroatoms. The van der Waals surface area contributed by atoms with Crippen LogP contribution in [0.15, 0.2) is 24.3 Å². The van der Waals surface area contributed by atoms with E-state index < -0.39 is 0 Å². The van der Waals surface area contributed by atoms with Gasteiger partial charge in [0.25, 0.3) is 0 Å².